The van der Waals surface area contributed by atoms with Gasteiger partial charge >= 0.3 is 12.1 Å². The molecule has 0 aliphatic heterocycles. The number of aliphatic carboxylic acids is 1. The predicted octanol–water partition coefficient (Wildman–Crippen LogP) is 2.97. The fourth-order valence-corrected chi connectivity index (χ4v) is 2.07. The highest BCUT2D eigenvalue weighted by Crippen LogP contribution is 2.53. The molecule has 1 aliphatic rings. The minimum atomic E-state index is -4.85. The molecule has 1 N–H and O–H groups in total. The maximum atomic E-state index is 13.8. The highest BCUT2D eigenvalue weighted by atomic mass is 19.4. The van der Waals surface area contributed by atoms with Gasteiger partial charge < -0.3 is 9.84 Å². The number of halogens is 4. The smallest absolute Gasteiger partial charge is 0.419 e. The van der Waals surface area contributed by atoms with Crippen LogP contribution < -0.4 is 4.74 Å². The zero-order chi connectivity index (χ0) is 14.4. The van der Waals surface area contributed by atoms with Gasteiger partial charge in [-0.25, -0.2) is 4.39 Å². The quantitative estimate of drug-likeness (QED) is 0.865. The zero-order valence-corrected chi connectivity index (χ0v) is 9.84. The van der Waals surface area contributed by atoms with E-state index in [0.717, 1.165) is 13.2 Å². The number of carboxylic acids is 1. The Balaban J connectivity index is 2.61. The molecule has 0 spiro atoms. The van der Waals surface area contributed by atoms with Crippen LogP contribution in [0.5, 0.6) is 5.75 Å². The van der Waals surface area contributed by atoms with Crippen LogP contribution in [0.2, 0.25) is 0 Å². The van der Waals surface area contributed by atoms with Gasteiger partial charge in [-0.3, -0.25) is 4.79 Å². The van der Waals surface area contributed by atoms with Crippen molar-refractivity contribution < 1.29 is 32.2 Å². The lowest BCUT2D eigenvalue weighted by Crippen LogP contribution is -2.22. The summed E-state index contributed by atoms with van der Waals surface area (Å²) in [5.41, 5.74) is -2.83. The van der Waals surface area contributed by atoms with E-state index in [9.17, 15) is 22.4 Å². The van der Waals surface area contributed by atoms with Gasteiger partial charge in [0.2, 0.25) is 0 Å². The van der Waals surface area contributed by atoms with Crippen molar-refractivity contribution in [3.63, 3.8) is 0 Å². The van der Waals surface area contributed by atoms with E-state index in [-0.39, 0.29) is 18.4 Å². The Bertz CT molecular complexity index is 533. The van der Waals surface area contributed by atoms with Gasteiger partial charge in [-0.05, 0) is 18.9 Å². The van der Waals surface area contributed by atoms with E-state index in [1.807, 2.05) is 0 Å². The Morgan fingerprint density at radius 2 is 1.95 bits per heavy atom. The van der Waals surface area contributed by atoms with E-state index in [0.29, 0.717) is 6.07 Å². The maximum absolute atomic E-state index is 13.8. The van der Waals surface area contributed by atoms with Crippen LogP contribution in [0.15, 0.2) is 12.1 Å². The van der Waals surface area contributed by atoms with Gasteiger partial charge in [-0.15, -0.1) is 0 Å². The summed E-state index contributed by atoms with van der Waals surface area (Å²) in [4.78, 5) is 11.1. The number of hydrogen-bond donors (Lipinski definition) is 1. The molecule has 0 aromatic heterocycles. The van der Waals surface area contributed by atoms with Gasteiger partial charge in [0.1, 0.15) is 0 Å². The van der Waals surface area contributed by atoms with Crippen molar-refractivity contribution >= 4 is 5.97 Å². The lowest BCUT2D eigenvalue weighted by atomic mass is 9.93. The Kier molecular flexibility index (Phi) is 2.95. The molecule has 2 rings (SSSR count). The van der Waals surface area contributed by atoms with Crippen molar-refractivity contribution in [1.29, 1.82) is 0 Å². The number of benzene rings is 1. The van der Waals surface area contributed by atoms with Crippen LogP contribution in [0.4, 0.5) is 17.6 Å². The molecular formula is C12H10F4O3. The van der Waals surface area contributed by atoms with E-state index < -0.39 is 34.7 Å². The number of ether oxygens (including phenoxy) is 1. The summed E-state index contributed by atoms with van der Waals surface area (Å²) in [6, 6.07) is 1.53. The molecule has 1 saturated carbocycles. The van der Waals surface area contributed by atoms with E-state index in [2.05, 4.69) is 4.74 Å². The molecule has 0 saturated heterocycles. The third-order valence-electron chi connectivity index (χ3n) is 3.28. The highest BCUT2D eigenvalue weighted by molar-refractivity contribution is 5.86. The molecule has 3 nitrogen and oxygen atoms in total. The summed E-state index contributed by atoms with van der Waals surface area (Å²) in [6.45, 7) is 0. The van der Waals surface area contributed by atoms with Gasteiger partial charge in [0.15, 0.2) is 11.6 Å². The van der Waals surface area contributed by atoms with Crippen LogP contribution >= 0.6 is 0 Å². The third-order valence-corrected chi connectivity index (χ3v) is 3.28. The van der Waals surface area contributed by atoms with Gasteiger partial charge in [0.05, 0.1) is 18.1 Å². The van der Waals surface area contributed by atoms with Crippen LogP contribution in [-0.2, 0) is 16.4 Å². The third kappa shape index (κ3) is 2.02. The van der Waals surface area contributed by atoms with Gasteiger partial charge in [-0.2, -0.15) is 13.2 Å². The lowest BCUT2D eigenvalue weighted by molar-refractivity contribution is -0.140. The van der Waals surface area contributed by atoms with Crippen molar-refractivity contribution in [2.24, 2.45) is 0 Å². The molecule has 1 aromatic rings. The second-order valence-corrected chi connectivity index (χ2v) is 4.39. The van der Waals surface area contributed by atoms with Gasteiger partial charge in [0, 0.05) is 5.56 Å². The maximum Gasteiger partial charge on any atom is 0.419 e. The molecule has 104 valence electrons. The normalized spacial score (nSPS) is 17.1. The molecule has 19 heavy (non-hydrogen) atoms. The topological polar surface area (TPSA) is 46.5 Å². The summed E-state index contributed by atoms with van der Waals surface area (Å²) in [7, 11) is 1.01. The first-order valence-electron chi connectivity index (χ1n) is 5.41. The minimum absolute atomic E-state index is 0.0481. The van der Waals surface area contributed by atoms with Crippen LogP contribution in [0.25, 0.3) is 0 Å². The monoisotopic (exact) mass is 278 g/mol. The molecule has 1 aromatic carbocycles. The fraction of sp³-hybridized carbons (Fsp3) is 0.417. The molecule has 0 heterocycles. The van der Waals surface area contributed by atoms with Crippen molar-refractivity contribution in [3.05, 3.63) is 29.1 Å². The standard InChI is InChI=1S/C12H10F4O3/c1-19-9-7(11(4-5-11)10(17)18)3-2-6(8(9)13)12(14,15)16/h2-3H,4-5H2,1H3,(H,17,18). The molecular weight excluding hydrogens is 268 g/mol. The van der Waals surface area contributed by atoms with E-state index in [4.69, 9.17) is 5.11 Å². The lowest BCUT2D eigenvalue weighted by Gasteiger charge is -2.18. The second-order valence-electron chi connectivity index (χ2n) is 4.39. The van der Waals surface area contributed by atoms with Crippen molar-refractivity contribution in [2.45, 2.75) is 24.4 Å². The fourth-order valence-electron chi connectivity index (χ4n) is 2.07. The average molecular weight is 278 g/mol. The molecule has 1 fully saturated rings. The Morgan fingerprint density at radius 3 is 2.32 bits per heavy atom. The van der Waals surface area contributed by atoms with E-state index in [1.165, 1.54) is 0 Å². The molecule has 0 radical (unpaired) electrons. The van der Waals surface area contributed by atoms with Crippen LogP contribution in [0, 0.1) is 5.82 Å². The number of rotatable bonds is 3. The summed E-state index contributed by atoms with van der Waals surface area (Å²) >= 11 is 0. The highest BCUT2D eigenvalue weighted by Gasteiger charge is 2.54. The van der Waals surface area contributed by atoms with Crippen LogP contribution in [0.1, 0.15) is 24.0 Å². The summed E-state index contributed by atoms with van der Waals surface area (Å²) in [5, 5.41) is 9.10. The Morgan fingerprint density at radius 1 is 1.37 bits per heavy atom. The van der Waals surface area contributed by atoms with Gasteiger partial charge in [0.25, 0.3) is 0 Å². The summed E-state index contributed by atoms with van der Waals surface area (Å²) in [6.07, 6.45) is -4.34. The zero-order valence-electron chi connectivity index (χ0n) is 9.84. The molecule has 0 atom stereocenters. The number of alkyl halides is 3. The van der Waals surface area contributed by atoms with Crippen molar-refractivity contribution in [2.75, 3.05) is 7.11 Å². The summed E-state index contributed by atoms with van der Waals surface area (Å²) < 4.78 is 56.1. The summed E-state index contributed by atoms with van der Waals surface area (Å²) in [5.74, 6) is -3.40. The molecule has 1 aliphatic carbocycles. The van der Waals surface area contributed by atoms with Crippen LogP contribution in [-0.4, -0.2) is 18.2 Å². The minimum Gasteiger partial charge on any atom is -0.493 e. The second kappa shape index (κ2) is 4.11. The molecule has 0 amide bonds. The average Bonchev–Trinajstić information content (AvgIpc) is 3.07. The molecule has 0 unspecified atom stereocenters. The largest absolute Gasteiger partial charge is 0.493 e. The van der Waals surface area contributed by atoms with Crippen LogP contribution in [0.3, 0.4) is 0 Å². The number of methoxy groups -OCH3 is 1. The van der Waals surface area contributed by atoms with Gasteiger partial charge in [-0.1, -0.05) is 6.07 Å². The number of carboxylic acid groups (broad SMARTS) is 1. The van der Waals surface area contributed by atoms with E-state index >= 15 is 0 Å². The Labute approximate surface area is 105 Å². The van der Waals surface area contributed by atoms with Crippen molar-refractivity contribution in [1.82, 2.24) is 0 Å². The molecule has 0 bridgehead atoms. The molecule has 7 heteroatoms. The first-order chi connectivity index (χ1) is 8.74. The number of hydrogen-bond acceptors (Lipinski definition) is 2. The van der Waals surface area contributed by atoms with E-state index in [1.54, 1.807) is 0 Å². The SMILES string of the molecule is COc1c(C2(C(=O)O)CC2)ccc(C(F)(F)F)c1F. The first-order valence-corrected chi connectivity index (χ1v) is 5.41. The van der Waals surface area contributed by atoms with Crippen molar-refractivity contribution in [3.8, 4) is 5.75 Å². The number of carbonyl (C=O) groups is 1. The predicted molar refractivity (Wildman–Crippen MR) is 56.5 cm³/mol. The first kappa shape index (κ1) is 13.6. The Hall–Kier alpha value is -1.79.